The van der Waals surface area contributed by atoms with Crippen LogP contribution in [0.3, 0.4) is 0 Å². The Hall–Kier alpha value is -1.59. The number of morpholine rings is 1. The fourth-order valence-corrected chi connectivity index (χ4v) is 2.35. The maximum atomic E-state index is 11.8. The molecule has 2 rings (SSSR count). The van der Waals surface area contributed by atoms with Gasteiger partial charge in [-0.3, -0.25) is 4.79 Å². The SMILES string of the molecule is CN(C)c1ccc(CCNC(=O)C[C@H]2COCCN2)cc1. The van der Waals surface area contributed by atoms with Gasteiger partial charge in [-0.2, -0.15) is 0 Å². The number of carbonyl (C=O) groups is 1. The van der Waals surface area contributed by atoms with Crippen molar-refractivity contribution in [2.45, 2.75) is 18.9 Å². The average Bonchev–Trinajstić information content (AvgIpc) is 2.49. The molecular formula is C16H25N3O2. The molecule has 0 unspecified atom stereocenters. The highest BCUT2D eigenvalue weighted by atomic mass is 16.5. The Balaban J connectivity index is 1.67. The van der Waals surface area contributed by atoms with Crippen molar-refractivity contribution in [3.63, 3.8) is 0 Å². The molecule has 0 aromatic heterocycles. The van der Waals surface area contributed by atoms with Crippen LogP contribution in [0.4, 0.5) is 5.69 Å². The summed E-state index contributed by atoms with van der Waals surface area (Å²) in [6.07, 6.45) is 1.34. The molecule has 0 saturated carbocycles. The van der Waals surface area contributed by atoms with Crippen molar-refractivity contribution in [2.24, 2.45) is 0 Å². The standard InChI is InChI=1S/C16H25N3O2/c1-19(2)15-5-3-13(4-6-15)7-8-18-16(20)11-14-12-21-10-9-17-14/h3-6,14,17H,7-12H2,1-2H3,(H,18,20)/t14-/m0/s1. The summed E-state index contributed by atoms with van der Waals surface area (Å²) in [5, 5.41) is 6.26. The first-order valence-corrected chi connectivity index (χ1v) is 7.49. The molecule has 1 aromatic carbocycles. The van der Waals surface area contributed by atoms with Crippen LogP contribution in [0.15, 0.2) is 24.3 Å². The number of hydrogen-bond donors (Lipinski definition) is 2. The van der Waals surface area contributed by atoms with E-state index in [1.54, 1.807) is 0 Å². The second-order valence-electron chi connectivity index (χ2n) is 5.59. The van der Waals surface area contributed by atoms with Gasteiger partial charge < -0.3 is 20.3 Å². The van der Waals surface area contributed by atoms with Crippen LogP contribution in [0, 0.1) is 0 Å². The molecule has 1 atom stereocenters. The van der Waals surface area contributed by atoms with Crippen molar-refractivity contribution >= 4 is 11.6 Å². The van der Waals surface area contributed by atoms with Gasteiger partial charge in [0.2, 0.25) is 5.91 Å². The van der Waals surface area contributed by atoms with Gasteiger partial charge in [0, 0.05) is 45.3 Å². The third-order valence-corrected chi connectivity index (χ3v) is 3.62. The van der Waals surface area contributed by atoms with E-state index in [9.17, 15) is 4.79 Å². The average molecular weight is 291 g/mol. The number of ether oxygens (including phenoxy) is 1. The fourth-order valence-electron chi connectivity index (χ4n) is 2.35. The largest absolute Gasteiger partial charge is 0.378 e. The molecular weight excluding hydrogens is 266 g/mol. The van der Waals surface area contributed by atoms with Crippen LogP contribution in [-0.4, -0.2) is 52.3 Å². The van der Waals surface area contributed by atoms with E-state index in [-0.39, 0.29) is 11.9 Å². The van der Waals surface area contributed by atoms with Crippen molar-refractivity contribution < 1.29 is 9.53 Å². The third kappa shape index (κ3) is 5.36. The van der Waals surface area contributed by atoms with E-state index in [1.807, 2.05) is 14.1 Å². The van der Waals surface area contributed by atoms with Crippen molar-refractivity contribution in [3.05, 3.63) is 29.8 Å². The highest BCUT2D eigenvalue weighted by molar-refractivity contribution is 5.76. The molecule has 1 heterocycles. The van der Waals surface area contributed by atoms with Crippen LogP contribution in [0.2, 0.25) is 0 Å². The molecule has 1 saturated heterocycles. The smallest absolute Gasteiger partial charge is 0.221 e. The molecule has 1 aliphatic heterocycles. The van der Waals surface area contributed by atoms with Gasteiger partial charge >= 0.3 is 0 Å². The predicted octanol–water partition coefficient (Wildman–Crippen LogP) is 0.790. The van der Waals surface area contributed by atoms with E-state index in [0.717, 1.165) is 19.6 Å². The van der Waals surface area contributed by atoms with Gasteiger partial charge in [-0.15, -0.1) is 0 Å². The van der Waals surface area contributed by atoms with Gasteiger partial charge in [-0.1, -0.05) is 12.1 Å². The quantitative estimate of drug-likeness (QED) is 0.814. The number of rotatable bonds is 6. The Bertz CT molecular complexity index is 439. The number of hydrogen-bond acceptors (Lipinski definition) is 4. The lowest BCUT2D eigenvalue weighted by molar-refractivity contribution is -0.122. The number of nitrogens with one attached hydrogen (secondary N) is 2. The molecule has 1 aromatic rings. The molecule has 21 heavy (non-hydrogen) atoms. The molecule has 5 nitrogen and oxygen atoms in total. The first kappa shape index (κ1) is 15.8. The van der Waals surface area contributed by atoms with Crippen molar-refractivity contribution in [3.8, 4) is 0 Å². The summed E-state index contributed by atoms with van der Waals surface area (Å²) in [5.74, 6) is 0.0860. The van der Waals surface area contributed by atoms with Gasteiger partial charge in [0.05, 0.1) is 13.2 Å². The molecule has 1 fully saturated rings. The zero-order valence-electron chi connectivity index (χ0n) is 12.9. The maximum absolute atomic E-state index is 11.8. The van der Waals surface area contributed by atoms with Crippen LogP contribution < -0.4 is 15.5 Å². The van der Waals surface area contributed by atoms with E-state index >= 15 is 0 Å². The number of benzene rings is 1. The summed E-state index contributed by atoms with van der Waals surface area (Å²) in [5.41, 5.74) is 2.42. The molecule has 116 valence electrons. The minimum absolute atomic E-state index is 0.0860. The topological polar surface area (TPSA) is 53.6 Å². The Morgan fingerprint density at radius 3 is 2.76 bits per heavy atom. The van der Waals surface area contributed by atoms with E-state index in [0.29, 0.717) is 19.6 Å². The first-order valence-electron chi connectivity index (χ1n) is 7.49. The van der Waals surface area contributed by atoms with Crippen LogP contribution in [0.25, 0.3) is 0 Å². The van der Waals surface area contributed by atoms with Gasteiger partial charge in [-0.25, -0.2) is 0 Å². The Kier molecular flexibility index (Phi) is 6.02. The second kappa shape index (κ2) is 8.00. The van der Waals surface area contributed by atoms with Crippen molar-refractivity contribution in [2.75, 3.05) is 45.3 Å². The molecule has 5 heteroatoms. The molecule has 1 aliphatic rings. The van der Waals surface area contributed by atoms with Crippen molar-refractivity contribution in [1.29, 1.82) is 0 Å². The minimum Gasteiger partial charge on any atom is -0.378 e. The van der Waals surface area contributed by atoms with E-state index in [1.165, 1.54) is 11.3 Å². The lowest BCUT2D eigenvalue weighted by atomic mass is 10.1. The summed E-state index contributed by atoms with van der Waals surface area (Å²) < 4.78 is 5.34. The highest BCUT2D eigenvalue weighted by Gasteiger charge is 2.16. The lowest BCUT2D eigenvalue weighted by Crippen LogP contribution is -2.44. The number of carbonyl (C=O) groups excluding carboxylic acids is 1. The van der Waals surface area contributed by atoms with Crippen LogP contribution in [0.5, 0.6) is 0 Å². The second-order valence-corrected chi connectivity index (χ2v) is 5.59. The summed E-state index contributed by atoms with van der Waals surface area (Å²) >= 11 is 0. The Morgan fingerprint density at radius 2 is 2.14 bits per heavy atom. The Labute approximate surface area is 126 Å². The van der Waals surface area contributed by atoms with Gasteiger partial charge in [-0.05, 0) is 24.1 Å². The van der Waals surface area contributed by atoms with Crippen LogP contribution in [0.1, 0.15) is 12.0 Å². The van der Waals surface area contributed by atoms with Gasteiger partial charge in [0.1, 0.15) is 0 Å². The number of amides is 1. The number of anilines is 1. The maximum Gasteiger partial charge on any atom is 0.221 e. The van der Waals surface area contributed by atoms with E-state index in [2.05, 4.69) is 39.8 Å². The molecule has 0 radical (unpaired) electrons. The molecule has 0 spiro atoms. The highest BCUT2D eigenvalue weighted by Crippen LogP contribution is 2.12. The van der Waals surface area contributed by atoms with Gasteiger partial charge in [0.25, 0.3) is 0 Å². The molecule has 2 N–H and O–H groups in total. The summed E-state index contributed by atoms with van der Waals surface area (Å²) in [7, 11) is 4.05. The van der Waals surface area contributed by atoms with Crippen LogP contribution >= 0.6 is 0 Å². The monoisotopic (exact) mass is 291 g/mol. The Morgan fingerprint density at radius 1 is 1.38 bits per heavy atom. The lowest BCUT2D eigenvalue weighted by Gasteiger charge is -2.23. The van der Waals surface area contributed by atoms with Crippen molar-refractivity contribution in [1.82, 2.24) is 10.6 Å². The number of nitrogens with zero attached hydrogens (tertiary/aromatic N) is 1. The zero-order chi connectivity index (χ0) is 15.1. The predicted molar refractivity (Wildman–Crippen MR) is 84.7 cm³/mol. The summed E-state index contributed by atoms with van der Waals surface area (Å²) in [6, 6.07) is 8.56. The summed E-state index contributed by atoms with van der Waals surface area (Å²) in [4.78, 5) is 13.9. The first-order chi connectivity index (χ1) is 10.1. The molecule has 1 amide bonds. The summed E-state index contributed by atoms with van der Waals surface area (Å²) in [6.45, 7) is 2.87. The normalized spacial score (nSPS) is 18.3. The zero-order valence-corrected chi connectivity index (χ0v) is 12.9. The van der Waals surface area contributed by atoms with E-state index in [4.69, 9.17) is 4.74 Å². The third-order valence-electron chi connectivity index (χ3n) is 3.62. The minimum atomic E-state index is 0.0860. The van der Waals surface area contributed by atoms with Gasteiger partial charge in [0.15, 0.2) is 0 Å². The fraction of sp³-hybridized carbons (Fsp3) is 0.562. The van der Waals surface area contributed by atoms with Crippen LogP contribution in [-0.2, 0) is 16.0 Å². The molecule has 0 aliphatic carbocycles. The molecule has 0 bridgehead atoms. The van der Waals surface area contributed by atoms with E-state index < -0.39 is 0 Å².